The van der Waals surface area contributed by atoms with Gasteiger partial charge in [-0.15, -0.1) is 0 Å². The third kappa shape index (κ3) is 5.19. The van der Waals surface area contributed by atoms with Crippen LogP contribution < -0.4 is 14.4 Å². The van der Waals surface area contributed by atoms with Crippen LogP contribution in [0, 0.1) is 5.82 Å². The number of anilines is 1. The van der Waals surface area contributed by atoms with E-state index in [2.05, 4.69) is 11.8 Å². The first kappa shape index (κ1) is 21.8. The summed E-state index contributed by atoms with van der Waals surface area (Å²) in [5.74, 6) is 0.650. The first-order chi connectivity index (χ1) is 14.5. The molecule has 0 aromatic heterocycles. The summed E-state index contributed by atoms with van der Waals surface area (Å²) in [5, 5.41) is 0. The highest BCUT2D eigenvalue weighted by molar-refractivity contribution is 6.07. The van der Waals surface area contributed by atoms with Crippen molar-refractivity contribution in [2.24, 2.45) is 0 Å². The van der Waals surface area contributed by atoms with E-state index in [9.17, 15) is 9.18 Å². The van der Waals surface area contributed by atoms with Crippen molar-refractivity contribution in [1.29, 1.82) is 0 Å². The summed E-state index contributed by atoms with van der Waals surface area (Å²) < 4.78 is 25.5. The fraction of sp³-hybridized carbons (Fsp3) is 0.375. The first-order valence-electron chi connectivity index (χ1n) is 10.4. The normalized spacial score (nSPS) is 14.9. The van der Waals surface area contributed by atoms with Gasteiger partial charge in [-0.05, 0) is 55.4 Å². The van der Waals surface area contributed by atoms with Gasteiger partial charge in [0.2, 0.25) is 0 Å². The molecule has 30 heavy (non-hydrogen) atoms. The molecule has 0 aliphatic carbocycles. The zero-order valence-electron chi connectivity index (χ0n) is 17.9. The van der Waals surface area contributed by atoms with E-state index >= 15 is 0 Å². The second-order valence-corrected chi connectivity index (χ2v) is 7.13. The Bertz CT molecular complexity index is 905. The summed E-state index contributed by atoms with van der Waals surface area (Å²) >= 11 is 0. The van der Waals surface area contributed by atoms with Gasteiger partial charge in [0, 0.05) is 31.7 Å². The van der Waals surface area contributed by atoms with Gasteiger partial charge in [0.1, 0.15) is 5.82 Å². The number of rotatable bonds is 8. The van der Waals surface area contributed by atoms with E-state index in [4.69, 9.17) is 9.47 Å². The number of halogens is 1. The predicted octanol–water partition coefficient (Wildman–Crippen LogP) is 4.27. The summed E-state index contributed by atoms with van der Waals surface area (Å²) in [7, 11) is 1.57. The molecule has 0 saturated carbocycles. The standard InChI is InChI=1S/C24H29FN2O3/c1-4-26-12-14-27(15-13-26)21-9-8-19(17-20(21)25)22(28)10-6-18-7-11-23(30-5-2)24(16-18)29-3/h6-11,16-17H,4-5,12-15H2,1-3H3/b10-6+. The highest BCUT2D eigenvalue weighted by Crippen LogP contribution is 2.28. The number of carbonyl (C=O) groups is 1. The smallest absolute Gasteiger partial charge is 0.185 e. The summed E-state index contributed by atoms with van der Waals surface area (Å²) in [5.41, 5.74) is 1.69. The minimum atomic E-state index is -0.359. The second kappa shape index (κ2) is 10.3. The van der Waals surface area contributed by atoms with Crippen molar-refractivity contribution in [1.82, 2.24) is 4.90 Å². The van der Waals surface area contributed by atoms with Crippen molar-refractivity contribution in [3.8, 4) is 11.5 Å². The molecule has 6 heteroatoms. The van der Waals surface area contributed by atoms with Crippen LogP contribution in [0.15, 0.2) is 42.5 Å². The third-order valence-corrected chi connectivity index (χ3v) is 5.31. The minimum Gasteiger partial charge on any atom is -0.493 e. The molecule has 1 fully saturated rings. The Balaban J connectivity index is 1.69. The Kier molecular flexibility index (Phi) is 7.46. The van der Waals surface area contributed by atoms with Gasteiger partial charge >= 0.3 is 0 Å². The van der Waals surface area contributed by atoms with Crippen LogP contribution in [-0.4, -0.2) is 57.1 Å². The molecule has 0 unspecified atom stereocenters. The van der Waals surface area contributed by atoms with Crippen molar-refractivity contribution < 1.29 is 18.7 Å². The monoisotopic (exact) mass is 412 g/mol. The van der Waals surface area contributed by atoms with E-state index in [0.717, 1.165) is 38.3 Å². The van der Waals surface area contributed by atoms with Crippen LogP contribution in [0.4, 0.5) is 10.1 Å². The average Bonchev–Trinajstić information content (AvgIpc) is 2.78. The van der Waals surface area contributed by atoms with E-state index in [1.165, 1.54) is 12.1 Å². The Hall–Kier alpha value is -2.86. The van der Waals surface area contributed by atoms with Crippen LogP contribution in [0.1, 0.15) is 29.8 Å². The van der Waals surface area contributed by atoms with Gasteiger partial charge in [0.25, 0.3) is 0 Å². The van der Waals surface area contributed by atoms with Crippen LogP contribution in [0.5, 0.6) is 11.5 Å². The number of methoxy groups -OCH3 is 1. The van der Waals surface area contributed by atoms with Gasteiger partial charge in [0.05, 0.1) is 19.4 Å². The van der Waals surface area contributed by atoms with Crippen LogP contribution in [0.3, 0.4) is 0 Å². The summed E-state index contributed by atoms with van der Waals surface area (Å²) in [6.45, 7) is 9.01. The Labute approximate surface area is 177 Å². The molecule has 3 rings (SSSR count). The van der Waals surface area contributed by atoms with Crippen molar-refractivity contribution in [3.63, 3.8) is 0 Å². The molecule has 0 radical (unpaired) electrons. The number of nitrogens with zero attached hydrogens (tertiary/aromatic N) is 2. The number of ketones is 1. The molecule has 1 aliphatic rings. The molecule has 160 valence electrons. The molecule has 0 N–H and O–H groups in total. The molecule has 0 spiro atoms. The molecular weight excluding hydrogens is 383 g/mol. The number of hydrogen-bond donors (Lipinski definition) is 0. The van der Waals surface area contributed by atoms with Gasteiger partial charge in [-0.1, -0.05) is 19.1 Å². The zero-order valence-corrected chi connectivity index (χ0v) is 17.9. The van der Waals surface area contributed by atoms with Crippen molar-refractivity contribution in [2.75, 3.05) is 51.3 Å². The van der Waals surface area contributed by atoms with Gasteiger partial charge in [-0.2, -0.15) is 0 Å². The predicted molar refractivity (Wildman–Crippen MR) is 118 cm³/mol. The number of carbonyl (C=O) groups excluding carboxylic acids is 1. The molecule has 2 aromatic carbocycles. The third-order valence-electron chi connectivity index (χ3n) is 5.31. The second-order valence-electron chi connectivity index (χ2n) is 7.13. The highest BCUT2D eigenvalue weighted by atomic mass is 19.1. The Morgan fingerprint density at radius 2 is 1.83 bits per heavy atom. The summed E-state index contributed by atoms with van der Waals surface area (Å²) in [4.78, 5) is 16.9. The zero-order chi connectivity index (χ0) is 21.5. The fourth-order valence-electron chi connectivity index (χ4n) is 3.55. The molecule has 1 saturated heterocycles. The molecule has 0 amide bonds. The molecule has 5 nitrogen and oxygen atoms in total. The molecule has 1 heterocycles. The Morgan fingerprint density at radius 3 is 2.47 bits per heavy atom. The van der Waals surface area contributed by atoms with Crippen molar-refractivity contribution >= 4 is 17.5 Å². The van der Waals surface area contributed by atoms with Crippen LogP contribution in [-0.2, 0) is 0 Å². The number of allylic oxidation sites excluding steroid dienone is 1. The lowest BCUT2D eigenvalue weighted by Gasteiger charge is -2.35. The van der Waals surface area contributed by atoms with Crippen LogP contribution in [0.25, 0.3) is 6.08 Å². The summed E-state index contributed by atoms with van der Waals surface area (Å²) in [6.07, 6.45) is 3.14. The number of piperazine rings is 1. The lowest BCUT2D eigenvalue weighted by Crippen LogP contribution is -2.46. The first-order valence-corrected chi connectivity index (χ1v) is 10.4. The van der Waals surface area contributed by atoms with E-state index in [-0.39, 0.29) is 11.6 Å². The van der Waals surface area contributed by atoms with E-state index in [1.54, 1.807) is 37.5 Å². The van der Waals surface area contributed by atoms with Gasteiger partial charge in [-0.25, -0.2) is 4.39 Å². The highest BCUT2D eigenvalue weighted by Gasteiger charge is 2.19. The van der Waals surface area contributed by atoms with Crippen molar-refractivity contribution in [2.45, 2.75) is 13.8 Å². The molecule has 2 aromatic rings. The number of likely N-dealkylation sites (N-methyl/N-ethyl adjacent to an activating group) is 1. The number of ether oxygens (including phenoxy) is 2. The van der Waals surface area contributed by atoms with E-state index in [0.29, 0.717) is 29.4 Å². The van der Waals surface area contributed by atoms with Crippen LogP contribution >= 0.6 is 0 Å². The van der Waals surface area contributed by atoms with E-state index in [1.807, 2.05) is 17.9 Å². The average molecular weight is 413 g/mol. The Morgan fingerprint density at radius 1 is 1.07 bits per heavy atom. The topological polar surface area (TPSA) is 42.0 Å². The SMILES string of the molecule is CCOc1ccc(/C=C/C(=O)c2ccc(N3CCN(CC)CC3)c(F)c2)cc1OC. The van der Waals surface area contributed by atoms with Crippen molar-refractivity contribution in [3.05, 3.63) is 59.4 Å². The lowest BCUT2D eigenvalue weighted by atomic mass is 10.1. The molecule has 1 aliphatic heterocycles. The largest absolute Gasteiger partial charge is 0.493 e. The van der Waals surface area contributed by atoms with E-state index < -0.39 is 0 Å². The molecule has 0 atom stereocenters. The maximum atomic E-state index is 14.7. The van der Waals surface area contributed by atoms with Gasteiger partial charge in [0.15, 0.2) is 17.3 Å². The fourth-order valence-corrected chi connectivity index (χ4v) is 3.55. The maximum absolute atomic E-state index is 14.7. The van der Waals surface area contributed by atoms with Gasteiger partial charge < -0.3 is 19.3 Å². The lowest BCUT2D eigenvalue weighted by molar-refractivity contribution is 0.104. The van der Waals surface area contributed by atoms with Crippen LogP contribution in [0.2, 0.25) is 0 Å². The molecular formula is C24H29FN2O3. The maximum Gasteiger partial charge on any atom is 0.185 e. The minimum absolute atomic E-state index is 0.246. The quantitative estimate of drug-likeness (QED) is 0.478. The molecule has 0 bridgehead atoms. The summed E-state index contributed by atoms with van der Waals surface area (Å²) in [6, 6.07) is 10.2. The number of benzene rings is 2. The number of hydrogen-bond acceptors (Lipinski definition) is 5. The van der Waals surface area contributed by atoms with Gasteiger partial charge in [-0.3, -0.25) is 4.79 Å².